The third-order valence-corrected chi connectivity index (χ3v) is 10.2. The molecule has 3 saturated carbocycles. The van der Waals surface area contributed by atoms with Crippen LogP contribution in [0.25, 0.3) is 0 Å². The molecule has 7 atom stereocenters. The minimum Gasteiger partial charge on any atom is -0.459 e. The van der Waals surface area contributed by atoms with Gasteiger partial charge in [0.15, 0.2) is 0 Å². The van der Waals surface area contributed by atoms with Gasteiger partial charge in [0, 0.05) is 12.3 Å². The average molecular weight is 429 g/mol. The van der Waals surface area contributed by atoms with Crippen LogP contribution in [-0.2, 0) is 24.1 Å². The molecule has 7 unspecified atom stereocenters. The van der Waals surface area contributed by atoms with Crippen molar-refractivity contribution in [1.29, 1.82) is 0 Å². The van der Waals surface area contributed by atoms with Crippen molar-refractivity contribution >= 4 is 16.4 Å². The molecule has 0 aromatic rings. The Morgan fingerprint density at radius 3 is 2.07 bits per heavy atom. The molecule has 4 aliphatic rings. The first-order valence-electron chi connectivity index (χ1n) is 11.1. The van der Waals surface area contributed by atoms with Crippen molar-refractivity contribution in [3.63, 3.8) is 0 Å². The molecular formula is C22H36O6S. The van der Waals surface area contributed by atoms with Crippen molar-refractivity contribution in [3.8, 4) is 0 Å². The fourth-order valence-corrected chi connectivity index (χ4v) is 9.22. The first kappa shape index (κ1) is 21.6. The van der Waals surface area contributed by atoms with E-state index in [9.17, 15) is 17.8 Å². The monoisotopic (exact) mass is 428 g/mol. The van der Waals surface area contributed by atoms with Crippen molar-refractivity contribution in [1.82, 2.24) is 0 Å². The van der Waals surface area contributed by atoms with Gasteiger partial charge in [-0.3, -0.25) is 9.35 Å². The second kappa shape index (κ2) is 6.42. The van der Waals surface area contributed by atoms with Gasteiger partial charge in [0.1, 0.15) is 5.60 Å². The molecule has 166 valence electrons. The number of ether oxygens (including phenoxy) is 1. The van der Waals surface area contributed by atoms with Crippen molar-refractivity contribution in [2.45, 2.75) is 97.7 Å². The van der Waals surface area contributed by atoms with E-state index >= 15 is 0 Å². The number of rotatable bonds is 3. The SMILES string of the molecule is CC1(C2CCC3C2(C)CCC2C(C)(C)C(OS(=O)(=O)O)CCC23C)CCC(=O)O1. The lowest BCUT2D eigenvalue weighted by Gasteiger charge is -2.63. The summed E-state index contributed by atoms with van der Waals surface area (Å²) in [4.78, 5) is 11.9. The summed E-state index contributed by atoms with van der Waals surface area (Å²) in [6, 6.07) is 0. The van der Waals surface area contributed by atoms with Crippen LogP contribution in [0.15, 0.2) is 0 Å². The summed E-state index contributed by atoms with van der Waals surface area (Å²) >= 11 is 0. The summed E-state index contributed by atoms with van der Waals surface area (Å²) in [5.74, 6) is 1.15. The van der Waals surface area contributed by atoms with Gasteiger partial charge >= 0.3 is 16.4 Å². The third kappa shape index (κ3) is 3.18. The molecule has 1 N–H and O–H groups in total. The molecule has 7 heteroatoms. The number of fused-ring (bicyclic) bond motifs is 3. The Hall–Kier alpha value is -0.660. The molecule has 1 saturated heterocycles. The summed E-state index contributed by atoms with van der Waals surface area (Å²) in [5, 5.41) is 0. The maximum absolute atomic E-state index is 11.9. The number of cyclic esters (lactones) is 1. The standard InChI is InChI=1S/C22H36O6S/c1-19(2)14-8-11-21(4)15(6-7-16(21)22(5)13-10-18(23)27-22)20(14,3)12-9-17(19)28-29(24,25)26/h14-17H,6-13H2,1-5H3,(H,24,25,26). The summed E-state index contributed by atoms with van der Waals surface area (Å²) in [5.41, 5.74) is -0.489. The van der Waals surface area contributed by atoms with Gasteiger partial charge in [-0.2, -0.15) is 8.42 Å². The number of esters is 1. The highest BCUT2D eigenvalue weighted by molar-refractivity contribution is 7.80. The molecule has 0 aromatic carbocycles. The zero-order chi connectivity index (χ0) is 21.5. The number of hydrogen-bond acceptors (Lipinski definition) is 5. The Morgan fingerprint density at radius 2 is 1.48 bits per heavy atom. The first-order valence-corrected chi connectivity index (χ1v) is 12.5. The van der Waals surface area contributed by atoms with E-state index in [4.69, 9.17) is 8.92 Å². The molecule has 0 amide bonds. The second-order valence-corrected chi connectivity index (χ2v) is 12.5. The van der Waals surface area contributed by atoms with E-state index in [1.54, 1.807) is 0 Å². The number of carbonyl (C=O) groups excluding carboxylic acids is 1. The Morgan fingerprint density at radius 1 is 0.897 bits per heavy atom. The summed E-state index contributed by atoms with van der Waals surface area (Å²) < 4.78 is 43.1. The highest BCUT2D eigenvalue weighted by Crippen LogP contribution is 2.71. The Labute approximate surface area is 175 Å². The zero-order valence-electron chi connectivity index (χ0n) is 18.4. The normalized spacial score (nSPS) is 49.4. The highest BCUT2D eigenvalue weighted by Gasteiger charge is 2.67. The molecule has 0 aromatic heterocycles. The smallest absolute Gasteiger partial charge is 0.397 e. The lowest BCUT2D eigenvalue weighted by atomic mass is 9.42. The van der Waals surface area contributed by atoms with Gasteiger partial charge in [0.2, 0.25) is 0 Å². The van der Waals surface area contributed by atoms with Gasteiger partial charge in [0.25, 0.3) is 0 Å². The third-order valence-electron chi connectivity index (χ3n) is 9.72. The van der Waals surface area contributed by atoms with Crippen LogP contribution >= 0.6 is 0 Å². The van der Waals surface area contributed by atoms with Crippen molar-refractivity contribution < 1.29 is 26.7 Å². The van der Waals surface area contributed by atoms with Gasteiger partial charge in [-0.1, -0.05) is 27.7 Å². The molecule has 3 aliphatic carbocycles. The lowest BCUT2D eigenvalue weighted by Crippen LogP contribution is -2.59. The van der Waals surface area contributed by atoms with Crippen LogP contribution < -0.4 is 0 Å². The zero-order valence-corrected chi connectivity index (χ0v) is 19.2. The first-order chi connectivity index (χ1) is 13.2. The summed E-state index contributed by atoms with van der Waals surface area (Å²) in [7, 11) is -4.46. The van der Waals surface area contributed by atoms with Crippen LogP contribution in [0.5, 0.6) is 0 Å². The maximum Gasteiger partial charge on any atom is 0.397 e. The van der Waals surface area contributed by atoms with Crippen LogP contribution in [0, 0.1) is 34.0 Å². The van der Waals surface area contributed by atoms with Crippen LogP contribution in [0.2, 0.25) is 0 Å². The van der Waals surface area contributed by atoms with E-state index in [-0.39, 0.29) is 27.8 Å². The molecule has 1 aliphatic heterocycles. The predicted molar refractivity (Wildman–Crippen MR) is 108 cm³/mol. The van der Waals surface area contributed by atoms with E-state index in [2.05, 4.69) is 34.6 Å². The minimum absolute atomic E-state index is 0.0662. The summed E-state index contributed by atoms with van der Waals surface area (Å²) in [6.45, 7) is 11.1. The Balaban J connectivity index is 1.63. The molecule has 29 heavy (non-hydrogen) atoms. The quantitative estimate of drug-likeness (QED) is 0.524. The van der Waals surface area contributed by atoms with E-state index in [0.29, 0.717) is 30.6 Å². The second-order valence-electron chi connectivity index (χ2n) is 11.4. The van der Waals surface area contributed by atoms with Crippen LogP contribution in [0.4, 0.5) is 0 Å². The van der Waals surface area contributed by atoms with Gasteiger partial charge in [-0.05, 0) is 80.0 Å². The van der Waals surface area contributed by atoms with Gasteiger partial charge in [0.05, 0.1) is 6.10 Å². The topological polar surface area (TPSA) is 89.9 Å². The molecule has 4 rings (SSSR count). The average Bonchev–Trinajstić information content (AvgIpc) is 3.10. The maximum atomic E-state index is 11.9. The van der Waals surface area contributed by atoms with Gasteiger partial charge in [-0.25, -0.2) is 4.18 Å². The van der Waals surface area contributed by atoms with E-state index < -0.39 is 16.5 Å². The van der Waals surface area contributed by atoms with Crippen molar-refractivity contribution in [2.24, 2.45) is 34.0 Å². The number of carbonyl (C=O) groups is 1. The van der Waals surface area contributed by atoms with E-state index in [1.165, 1.54) is 0 Å². The van der Waals surface area contributed by atoms with Crippen molar-refractivity contribution in [2.75, 3.05) is 0 Å². The summed E-state index contributed by atoms with van der Waals surface area (Å²) in [6.07, 6.45) is 6.63. The van der Waals surface area contributed by atoms with Crippen LogP contribution in [0.3, 0.4) is 0 Å². The van der Waals surface area contributed by atoms with E-state index in [1.807, 2.05) is 0 Å². The van der Waals surface area contributed by atoms with E-state index in [0.717, 1.165) is 38.5 Å². The highest BCUT2D eigenvalue weighted by atomic mass is 32.3. The predicted octanol–water partition coefficient (Wildman–Crippen LogP) is 4.54. The van der Waals surface area contributed by atoms with Crippen molar-refractivity contribution in [3.05, 3.63) is 0 Å². The number of hydrogen-bond donors (Lipinski definition) is 1. The fraction of sp³-hybridized carbons (Fsp3) is 0.955. The molecule has 0 bridgehead atoms. The minimum atomic E-state index is -4.46. The molecule has 1 heterocycles. The molecule has 6 nitrogen and oxygen atoms in total. The lowest BCUT2D eigenvalue weighted by molar-refractivity contribution is -0.181. The Kier molecular flexibility index (Phi) is 4.78. The Bertz CT molecular complexity index is 806. The van der Waals surface area contributed by atoms with Crippen LogP contribution in [-0.4, -0.2) is 30.6 Å². The molecular weight excluding hydrogens is 392 g/mol. The molecule has 4 fully saturated rings. The largest absolute Gasteiger partial charge is 0.459 e. The van der Waals surface area contributed by atoms with Crippen LogP contribution in [0.1, 0.15) is 86.0 Å². The fourth-order valence-electron chi connectivity index (χ4n) is 8.58. The van der Waals surface area contributed by atoms with Gasteiger partial charge < -0.3 is 4.74 Å². The van der Waals surface area contributed by atoms with Gasteiger partial charge in [-0.15, -0.1) is 0 Å². The molecule has 0 spiro atoms. The molecule has 0 radical (unpaired) electrons.